The summed E-state index contributed by atoms with van der Waals surface area (Å²) in [4.78, 5) is 33.9. The monoisotopic (exact) mass is 254 g/mol. The third kappa shape index (κ3) is 4.00. The van der Waals surface area contributed by atoms with Gasteiger partial charge in [0, 0.05) is 5.56 Å². The largest absolute Gasteiger partial charge is 0.469 e. The number of ether oxygens (including phenoxy) is 1. The van der Waals surface area contributed by atoms with E-state index in [1.54, 1.807) is 18.2 Å². The van der Waals surface area contributed by atoms with Gasteiger partial charge in [-0.15, -0.1) is 0 Å². The van der Waals surface area contributed by atoms with Crippen molar-refractivity contribution in [3.05, 3.63) is 34.9 Å². The van der Waals surface area contributed by atoms with Crippen molar-refractivity contribution in [2.45, 2.75) is 12.8 Å². The van der Waals surface area contributed by atoms with E-state index < -0.39 is 24.0 Å². The Bertz CT molecular complexity index is 454. The van der Waals surface area contributed by atoms with Crippen LogP contribution >= 0.6 is 11.6 Å². The summed E-state index contributed by atoms with van der Waals surface area (Å²) in [6, 6.07) is 6.45. The Labute approximate surface area is 104 Å². The molecular formula is C12H11ClO4. The minimum absolute atomic E-state index is 0.285. The van der Waals surface area contributed by atoms with Gasteiger partial charge in [0.05, 0.1) is 18.6 Å². The van der Waals surface area contributed by atoms with Gasteiger partial charge in [-0.05, 0) is 12.1 Å². The first-order valence-corrected chi connectivity index (χ1v) is 5.28. The van der Waals surface area contributed by atoms with Crippen LogP contribution in [0.5, 0.6) is 0 Å². The lowest BCUT2D eigenvalue weighted by atomic mass is 10.0. The van der Waals surface area contributed by atoms with E-state index >= 15 is 0 Å². The SMILES string of the molecule is COC(=O)CC(=O)CC(=O)c1ccccc1Cl. The standard InChI is InChI=1S/C12H11ClO4/c1-17-12(16)7-8(14)6-11(15)9-4-2-3-5-10(9)13/h2-5H,6-7H2,1H3. The molecule has 1 aromatic rings. The lowest BCUT2D eigenvalue weighted by Gasteiger charge is -2.02. The van der Waals surface area contributed by atoms with Gasteiger partial charge in [0.25, 0.3) is 0 Å². The van der Waals surface area contributed by atoms with Crippen LogP contribution in [0.1, 0.15) is 23.2 Å². The molecule has 0 radical (unpaired) electrons. The molecule has 0 N–H and O–H groups in total. The smallest absolute Gasteiger partial charge is 0.313 e. The molecule has 4 nitrogen and oxygen atoms in total. The van der Waals surface area contributed by atoms with E-state index in [1.165, 1.54) is 13.2 Å². The molecule has 17 heavy (non-hydrogen) atoms. The van der Waals surface area contributed by atoms with Crippen molar-refractivity contribution in [2.75, 3.05) is 7.11 Å². The molecule has 0 aliphatic heterocycles. The molecule has 0 aliphatic carbocycles. The number of methoxy groups -OCH3 is 1. The molecule has 0 aliphatic rings. The van der Waals surface area contributed by atoms with Crippen LogP contribution in [0.15, 0.2) is 24.3 Å². The highest BCUT2D eigenvalue weighted by Crippen LogP contribution is 2.17. The lowest BCUT2D eigenvalue weighted by molar-refractivity contribution is -0.143. The Hall–Kier alpha value is -1.68. The van der Waals surface area contributed by atoms with Crippen molar-refractivity contribution in [1.82, 2.24) is 0 Å². The van der Waals surface area contributed by atoms with Crippen LogP contribution in [0.4, 0.5) is 0 Å². The lowest BCUT2D eigenvalue weighted by Crippen LogP contribution is -2.13. The van der Waals surface area contributed by atoms with Crippen LogP contribution in [0, 0.1) is 0 Å². The Morgan fingerprint density at radius 3 is 2.41 bits per heavy atom. The predicted octanol–water partition coefficient (Wildman–Crippen LogP) is 2.04. The molecule has 90 valence electrons. The van der Waals surface area contributed by atoms with Gasteiger partial charge in [-0.25, -0.2) is 0 Å². The number of carbonyl (C=O) groups is 3. The average molecular weight is 255 g/mol. The summed E-state index contributed by atoms with van der Waals surface area (Å²) in [6.45, 7) is 0. The third-order valence-corrected chi connectivity index (χ3v) is 2.43. The second-order valence-electron chi connectivity index (χ2n) is 3.37. The van der Waals surface area contributed by atoms with Crippen LogP contribution in [0.25, 0.3) is 0 Å². The quantitative estimate of drug-likeness (QED) is 0.458. The number of hydrogen-bond donors (Lipinski definition) is 0. The maximum atomic E-state index is 11.7. The van der Waals surface area contributed by atoms with Gasteiger partial charge in [0.15, 0.2) is 11.6 Å². The fourth-order valence-corrected chi connectivity index (χ4v) is 1.50. The number of rotatable bonds is 5. The number of hydrogen-bond acceptors (Lipinski definition) is 4. The van der Waals surface area contributed by atoms with Crippen LogP contribution in [-0.4, -0.2) is 24.6 Å². The van der Waals surface area contributed by atoms with E-state index in [0.29, 0.717) is 5.02 Å². The Balaban J connectivity index is 2.64. The van der Waals surface area contributed by atoms with E-state index in [4.69, 9.17) is 11.6 Å². The molecule has 1 aromatic carbocycles. The average Bonchev–Trinajstić information content (AvgIpc) is 2.29. The molecule has 0 fully saturated rings. The summed E-state index contributed by atoms with van der Waals surface area (Å²) >= 11 is 5.81. The highest BCUT2D eigenvalue weighted by atomic mass is 35.5. The minimum Gasteiger partial charge on any atom is -0.469 e. The third-order valence-electron chi connectivity index (χ3n) is 2.10. The molecule has 0 saturated carbocycles. The molecule has 0 atom stereocenters. The topological polar surface area (TPSA) is 60.4 Å². The Morgan fingerprint density at radius 2 is 1.82 bits per heavy atom. The summed E-state index contributed by atoms with van der Waals surface area (Å²) in [5, 5.41) is 0.295. The van der Waals surface area contributed by atoms with Crippen molar-refractivity contribution in [3.8, 4) is 0 Å². The van der Waals surface area contributed by atoms with Crippen molar-refractivity contribution >= 4 is 29.1 Å². The molecule has 0 unspecified atom stereocenters. The highest BCUT2D eigenvalue weighted by molar-refractivity contribution is 6.34. The first-order chi connectivity index (χ1) is 8.04. The summed E-state index contributed by atoms with van der Waals surface area (Å²) < 4.78 is 4.33. The van der Waals surface area contributed by atoms with E-state index in [0.717, 1.165) is 0 Å². The van der Waals surface area contributed by atoms with Crippen molar-refractivity contribution in [2.24, 2.45) is 0 Å². The normalized spacial score (nSPS) is 9.76. The van der Waals surface area contributed by atoms with Gasteiger partial charge in [0.1, 0.15) is 6.42 Å². The van der Waals surface area contributed by atoms with E-state index in [1.807, 2.05) is 0 Å². The maximum Gasteiger partial charge on any atom is 0.313 e. The van der Waals surface area contributed by atoms with Gasteiger partial charge >= 0.3 is 5.97 Å². The van der Waals surface area contributed by atoms with Gasteiger partial charge < -0.3 is 4.74 Å². The molecule has 1 rings (SSSR count). The van der Waals surface area contributed by atoms with E-state index in [-0.39, 0.29) is 12.0 Å². The number of Topliss-reactive ketones (excluding diaryl/α,β-unsaturated/α-hetero) is 2. The van der Waals surface area contributed by atoms with Crippen molar-refractivity contribution in [3.63, 3.8) is 0 Å². The molecule has 0 saturated heterocycles. The maximum absolute atomic E-state index is 11.7. The number of carbonyl (C=O) groups excluding carboxylic acids is 3. The summed E-state index contributed by atoms with van der Waals surface area (Å²) in [6.07, 6.45) is -0.745. The Morgan fingerprint density at radius 1 is 1.18 bits per heavy atom. The fourth-order valence-electron chi connectivity index (χ4n) is 1.26. The van der Waals surface area contributed by atoms with Crippen molar-refractivity contribution in [1.29, 1.82) is 0 Å². The van der Waals surface area contributed by atoms with Gasteiger partial charge in [-0.3, -0.25) is 14.4 Å². The zero-order chi connectivity index (χ0) is 12.8. The van der Waals surface area contributed by atoms with Crippen LogP contribution in [-0.2, 0) is 14.3 Å². The van der Waals surface area contributed by atoms with Gasteiger partial charge in [-0.1, -0.05) is 23.7 Å². The second-order valence-corrected chi connectivity index (χ2v) is 3.78. The number of benzene rings is 1. The first-order valence-electron chi connectivity index (χ1n) is 4.91. The van der Waals surface area contributed by atoms with Crippen molar-refractivity contribution < 1.29 is 19.1 Å². The second kappa shape index (κ2) is 6.15. The highest BCUT2D eigenvalue weighted by Gasteiger charge is 2.16. The summed E-state index contributed by atoms with van der Waals surface area (Å²) in [5.74, 6) is -1.53. The molecule has 0 amide bonds. The number of esters is 1. The van der Waals surface area contributed by atoms with Gasteiger partial charge in [0.2, 0.25) is 0 Å². The molecular weight excluding hydrogens is 244 g/mol. The zero-order valence-electron chi connectivity index (χ0n) is 9.23. The number of ketones is 2. The zero-order valence-corrected chi connectivity index (χ0v) is 9.99. The molecule has 0 bridgehead atoms. The van der Waals surface area contributed by atoms with E-state index in [9.17, 15) is 14.4 Å². The molecule has 0 aromatic heterocycles. The summed E-state index contributed by atoms with van der Waals surface area (Å²) in [7, 11) is 1.19. The van der Waals surface area contributed by atoms with Crippen LogP contribution in [0.2, 0.25) is 5.02 Å². The summed E-state index contributed by atoms with van der Waals surface area (Å²) in [5.41, 5.74) is 0.285. The minimum atomic E-state index is -0.651. The first kappa shape index (κ1) is 13.4. The molecule has 0 spiro atoms. The molecule has 0 heterocycles. The number of halogens is 1. The van der Waals surface area contributed by atoms with Crippen LogP contribution in [0.3, 0.4) is 0 Å². The van der Waals surface area contributed by atoms with Gasteiger partial charge in [-0.2, -0.15) is 0 Å². The van der Waals surface area contributed by atoms with Crippen LogP contribution < -0.4 is 0 Å². The Kier molecular flexibility index (Phi) is 4.84. The van der Waals surface area contributed by atoms with E-state index in [2.05, 4.69) is 4.74 Å². The fraction of sp³-hybridized carbons (Fsp3) is 0.250. The molecule has 5 heteroatoms. The predicted molar refractivity (Wildman–Crippen MR) is 62.0 cm³/mol.